The van der Waals surface area contributed by atoms with E-state index in [-0.39, 0.29) is 12.0 Å². The maximum absolute atomic E-state index is 13.8. The Balaban J connectivity index is 2.21. The standard InChI is InChI=1S/C15H14F3NO/c1-20-12-2-3-13(14(18)8-12)15(19)6-9-4-10(16)7-11(17)5-9/h2-5,7-8,15H,6,19H2,1H3. The van der Waals surface area contributed by atoms with Gasteiger partial charge >= 0.3 is 0 Å². The zero-order valence-corrected chi connectivity index (χ0v) is 10.9. The minimum atomic E-state index is -0.692. The van der Waals surface area contributed by atoms with E-state index in [9.17, 15) is 13.2 Å². The molecule has 0 amide bonds. The van der Waals surface area contributed by atoms with E-state index in [1.807, 2.05) is 0 Å². The molecule has 1 unspecified atom stereocenters. The molecule has 0 fully saturated rings. The van der Waals surface area contributed by atoms with Gasteiger partial charge in [-0.2, -0.15) is 0 Å². The van der Waals surface area contributed by atoms with E-state index in [2.05, 4.69) is 0 Å². The second-order valence-electron chi connectivity index (χ2n) is 4.48. The Bertz CT molecular complexity index is 596. The molecule has 2 aromatic rings. The lowest BCUT2D eigenvalue weighted by molar-refractivity contribution is 0.410. The van der Waals surface area contributed by atoms with Crippen molar-refractivity contribution in [1.29, 1.82) is 0 Å². The highest BCUT2D eigenvalue weighted by molar-refractivity contribution is 5.32. The van der Waals surface area contributed by atoms with E-state index in [4.69, 9.17) is 10.5 Å². The van der Waals surface area contributed by atoms with Crippen molar-refractivity contribution < 1.29 is 17.9 Å². The fourth-order valence-electron chi connectivity index (χ4n) is 2.03. The van der Waals surface area contributed by atoms with E-state index in [0.29, 0.717) is 11.3 Å². The summed E-state index contributed by atoms with van der Waals surface area (Å²) < 4.78 is 44.9. The fourth-order valence-corrected chi connectivity index (χ4v) is 2.03. The summed E-state index contributed by atoms with van der Waals surface area (Å²) in [6.07, 6.45) is 0.137. The van der Waals surface area contributed by atoms with Gasteiger partial charge in [-0.1, -0.05) is 6.07 Å². The quantitative estimate of drug-likeness (QED) is 0.932. The molecule has 0 aliphatic carbocycles. The third-order valence-corrected chi connectivity index (χ3v) is 2.99. The molecule has 106 valence electrons. The Hall–Kier alpha value is -2.01. The van der Waals surface area contributed by atoms with E-state index < -0.39 is 23.5 Å². The molecule has 2 aromatic carbocycles. The summed E-state index contributed by atoms with van der Waals surface area (Å²) in [6, 6.07) is 6.78. The molecule has 1 atom stereocenters. The molecule has 20 heavy (non-hydrogen) atoms. The number of methoxy groups -OCH3 is 1. The lowest BCUT2D eigenvalue weighted by Crippen LogP contribution is -2.15. The van der Waals surface area contributed by atoms with Crippen LogP contribution in [0.4, 0.5) is 13.2 Å². The maximum Gasteiger partial charge on any atom is 0.131 e. The van der Waals surface area contributed by atoms with Crippen LogP contribution < -0.4 is 10.5 Å². The smallest absolute Gasteiger partial charge is 0.131 e. The lowest BCUT2D eigenvalue weighted by atomic mass is 9.99. The van der Waals surface area contributed by atoms with Gasteiger partial charge in [-0.05, 0) is 30.2 Å². The summed E-state index contributed by atoms with van der Waals surface area (Å²) in [4.78, 5) is 0. The lowest BCUT2D eigenvalue weighted by Gasteiger charge is -2.14. The van der Waals surface area contributed by atoms with Gasteiger partial charge < -0.3 is 10.5 Å². The van der Waals surface area contributed by atoms with Crippen LogP contribution in [0, 0.1) is 17.5 Å². The third kappa shape index (κ3) is 3.30. The van der Waals surface area contributed by atoms with Crippen LogP contribution in [0.15, 0.2) is 36.4 Å². The van der Waals surface area contributed by atoms with Crippen molar-refractivity contribution >= 4 is 0 Å². The average molecular weight is 281 g/mol. The van der Waals surface area contributed by atoms with Gasteiger partial charge in [0.15, 0.2) is 0 Å². The minimum absolute atomic E-state index is 0.137. The van der Waals surface area contributed by atoms with Crippen molar-refractivity contribution in [2.24, 2.45) is 5.73 Å². The molecule has 0 spiro atoms. The summed E-state index contributed by atoms with van der Waals surface area (Å²) in [6.45, 7) is 0. The number of ether oxygens (including phenoxy) is 1. The van der Waals surface area contributed by atoms with Gasteiger partial charge in [0, 0.05) is 23.7 Å². The van der Waals surface area contributed by atoms with Gasteiger partial charge in [0.05, 0.1) is 7.11 Å². The first-order chi connectivity index (χ1) is 9.49. The number of halogens is 3. The van der Waals surface area contributed by atoms with E-state index in [0.717, 1.165) is 6.07 Å². The molecule has 0 aromatic heterocycles. The molecular weight excluding hydrogens is 267 g/mol. The van der Waals surface area contributed by atoms with Crippen LogP contribution in [0.5, 0.6) is 5.75 Å². The zero-order chi connectivity index (χ0) is 14.7. The topological polar surface area (TPSA) is 35.2 Å². The predicted molar refractivity (Wildman–Crippen MR) is 69.9 cm³/mol. The highest BCUT2D eigenvalue weighted by atomic mass is 19.1. The Morgan fingerprint density at radius 2 is 1.70 bits per heavy atom. The van der Waals surface area contributed by atoms with Gasteiger partial charge in [0.25, 0.3) is 0 Å². The molecular formula is C15H14F3NO. The Morgan fingerprint density at radius 1 is 1.05 bits per heavy atom. The molecule has 0 bridgehead atoms. The van der Waals surface area contributed by atoms with Gasteiger partial charge in [0.2, 0.25) is 0 Å². The van der Waals surface area contributed by atoms with Crippen LogP contribution in [0.2, 0.25) is 0 Å². The van der Waals surface area contributed by atoms with Gasteiger partial charge in [-0.25, -0.2) is 13.2 Å². The number of nitrogens with two attached hydrogens (primary N) is 1. The first kappa shape index (κ1) is 14.4. The normalized spacial score (nSPS) is 12.2. The van der Waals surface area contributed by atoms with E-state index in [1.165, 1.54) is 31.4 Å². The predicted octanol–water partition coefficient (Wildman–Crippen LogP) is 3.36. The third-order valence-electron chi connectivity index (χ3n) is 2.99. The Labute approximate surface area is 115 Å². The van der Waals surface area contributed by atoms with Crippen LogP contribution in [-0.2, 0) is 6.42 Å². The number of hydrogen-bond donors (Lipinski definition) is 1. The summed E-state index contributed by atoms with van der Waals surface area (Å²) >= 11 is 0. The number of rotatable bonds is 4. The van der Waals surface area contributed by atoms with Gasteiger partial charge in [0.1, 0.15) is 23.2 Å². The summed E-state index contributed by atoms with van der Waals surface area (Å²) in [5.74, 6) is -1.48. The molecule has 2 rings (SSSR count). The highest BCUT2D eigenvalue weighted by Crippen LogP contribution is 2.23. The fraction of sp³-hybridized carbons (Fsp3) is 0.200. The summed E-state index contributed by atoms with van der Waals surface area (Å²) in [7, 11) is 1.43. The maximum atomic E-state index is 13.8. The van der Waals surface area contributed by atoms with Crippen molar-refractivity contribution in [2.75, 3.05) is 7.11 Å². The van der Waals surface area contributed by atoms with Crippen LogP contribution in [0.3, 0.4) is 0 Å². The molecule has 0 radical (unpaired) electrons. The molecule has 2 N–H and O–H groups in total. The monoisotopic (exact) mass is 281 g/mol. The molecule has 0 aliphatic heterocycles. The molecule has 0 aliphatic rings. The molecule has 5 heteroatoms. The Morgan fingerprint density at radius 3 is 2.25 bits per heavy atom. The van der Waals surface area contributed by atoms with E-state index >= 15 is 0 Å². The summed E-state index contributed by atoms with van der Waals surface area (Å²) in [5.41, 5.74) is 6.55. The molecule has 0 saturated carbocycles. The van der Waals surface area contributed by atoms with Crippen LogP contribution in [-0.4, -0.2) is 7.11 Å². The van der Waals surface area contributed by atoms with E-state index in [1.54, 1.807) is 6.07 Å². The minimum Gasteiger partial charge on any atom is -0.497 e. The average Bonchev–Trinajstić information content (AvgIpc) is 2.36. The second-order valence-corrected chi connectivity index (χ2v) is 4.48. The van der Waals surface area contributed by atoms with Crippen molar-refractivity contribution in [2.45, 2.75) is 12.5 Å². The molecule has 2 nitrogen and oxygen atoms in total. The van der Waals surface area contributed by atoms with Gasteiger partial charge in [-0.15, -0.1) is 0 Å². The summed E-state index contributed by atoms with van der Waals surface area (Å²) in [5, 5.41) is 0. The SMILES string of the molecule is COc1ccc(C(N)Cc2cc(F)cc(F)c2)c(F)c1. The van der Waals surface area contributed by atoms with Crippen LogP contribution in [0.25, 0.3) is 0 Å². The number of benzene rings is 2. The highest BCUT2D eigenvalue weighted by Gasteiger charge is 2.14. The molecule has 0 heterocycles. The van der Waals surface area contributed by atoms with Crippen LogP contribution in [0.1, 0.15) is 17.2 Å². The van der Waals surface area contributed by atoms with Crippen LogP contribution >= 0.6 is 0 Å². The van der Waals surface area contributed by atoms with Crippen molar-refractivity contribution in [1.82, 2.24) is 0 Å². The zero-order valence-electron chi connectivity index (χ0n) is 10.9. The van der Waals surface area contributed by atoms with Crippen molar-refractivity contribution in [3.05, 3.63) is 65.0 Å². The first-order valence-electron chi connectivity index (χ1n) is 6.03. The Kier molecular flexibility index (Phi) is 4.29. The van der Waals surface area contributed by atoms with Crippen molar-refractivity contribution in [3.8, 4) is 5.75 Å². The largest absolute Gasteiger partial charge is 0.497 e. The molecule has 0 saturated heterocycles. The van der Waals surface area contributed by atoms with Crippen molar-refractivity contribution in [3.63, 3.8) is 0 Å². The number of hydrogen-bond acceptors (Lipinski definition) is 2. The first-order valence-corrected chi connectivity index (χ1v) is 6.03. The second kappa shape index (κ2) is 5.96. The van der Waals surface area contributed by atoms with Gasteiger partial charge in [-0.3, -0.25) is 0 Å².